The van der Waals surface area contributed by atoms with Crippen molar-refractivity contribution in [1.29, 1.82) is 21.0 Å². The molecule has 10 heteroatoms. The van der Waals surface area contributed by atoms with E-state index in [0.29, 0.717) is 0 Å². The van der Waals surface area contributed by atoms with E-state index in [-0.39, 0.29) is 0 Å². The Balaban J connectivity index is 0. The molecule has 0 heterocycles. The van der Waals surface area contributed by atoms with Gasteiger partial charge in [-0.2, -0.15) is 15.8 Å². The zero-order chi connectivity index (χ0) is 16.9. The number of esters is 1. The van der Waals surface area contributed by atoms with E-state index in [0.717, 1.165) is 24.5 Å². The van der Waals surface area contributed by atoms with Crippen molar-refractivity contribution >= 4 is 5.97 Å². The Bertz CT molecular complexity index is 449. The molecule has 0 rings (SSSR count). The fourth-order valence-electron chi connectivity index (χ4n) is 0.630. The predicted octanol–water partition coefficient (Wildman–Crippen LogP) is -2.49. The first-order valence-electron chi connectivity index (χ1n) is 5.19. The maximum Gasteiger partial charge on any atom is 0.371 e. The Kier molecular flexibility index (Phi) is 9.91. The van der Waals surface area contributed by atoms with Crippen molar-refractivity contribution in [2.24, 2.45) is 10.8 Å². The van der Waals surface area contributed by atoms with Crippen molar-refractivity contribution in [3.05, 3.63) is 0 Å². The number of nitriles is 4. The molecule has 112 valence electrons. The minimum Gasteiger partial charge on any atom is -0.396 e. The minimum absolute atomic E-state index is 0.406. The molecule has 10 nitrogen and oxygen atoms in total. The molecule has 0 saturated heterocycles. The quantitative estimate of drug-likeness (QED) is 0.310. The summed E-state index contributed by atoms with van der Waals surface area (Å²) in [7, 11) is 0. The number of nitrogens with zero attached hydrogens (tertiary/aromatic N) is 4. The highest BCUT2D eigenvalue weighted by molar-refractivity contribution is 5.87. The predicted molar refractivity (Wildman–Crippen MR) is 61.8 cm³/mol. The molecule has 0 aromatic heterocycles. The summed E-state index contributed by atoms with van der Waals surface area (Å²) in [6, 6.07) is 3.45. The molecule has 4 N–H and O–H groups in total. The highest BCUT2D eigenvalue weighted by Crippen LogP contribution is 2.14. The van der Waals surface area contributed by atoms with Gasteiger partial charge in [0.2, 0.25) is 0 Å². The summed E-state index contributed by atoms with van der Waals surface area (Å²) in [6.45, 7) is -1.62. The Hall–Kier alpha value is -2.73. The van der Waals surface area contributed by atoms with Crippen LogP contribution in [-0.2, 0) is 9.53 Å². The molecule has 0 aromatic carbocycles. The third-order valence-corrected chi connectivity index (χ3v) is 2.29. The first kappa shape index (κ1) is 20.6. The molecule has 21 heavy (non-hydrogen) atoms. The van der Waals surface area contributed by atoms with Crippen molar-refractivity contribution in [2.75, 3.05) is 26.4 Å². The van der Waals surface area contributed by atoms with Crippen molar-refractivity contribution < 1.29 is 30.0 Å². The molecular formula is C11H12N4O6. The van der Waals surface area contributed by atoms with Crippen LogP contribution >= 0.6 is 0 Å². The average molecular weight is 296 g/mol. The fraction of sp³-hybridized carbons (Fsp3) is 0.545. The van der Waals surface area contributed by atoms with E-state index in [1.54, 1.807) is 0 Å². The van der Waals surface area contributed by atoms with Crippen molar-refractivity contribution in [3.63, 3.8) is 0 Å². The lowest BCUT2D eigenvalue weighted by Crippen LogP contribution is -2.37. The largest absolute Gasteiger partial charge is 0.396 e. The number of aliphatic hydroxyl groups excluding tert-OH is 4. The zero-order valence-electron chi connectivity index (χ0n) is 10.7. The Morgan fingerprint density at radius 3 is 1.33 bits per heavy atom. The van der Waals surface area contributed by atoms with E-state index in [1.807, 2.05) is 0 Å². The molecule has 0 aliphatic rings. The molecule has 0 bridgehead atoms. The first-order valence-corrected chi connectivity index (χ1v) is 5.19. The molecule has 0 aromatic rings. The van der Waals surface area contributed by atoms with E-state index in [1.165, 1.54) is 0 Å². The van der Waals surface area contributed by atoms with Crippen LogP contribution in [0, 0.1) is 56.3 Å². The lowest BCUT2D eigenvalue weighted by molar-refractivity contribution is -0.140. The second-order valence-corrected chi connectivity index (χ2v) is 3.70. The SMILES string of the molecule is N#COC(=O)C(C#N)(C#N)C#N.OCC(CO)(CO)CO. The summed E-state index contributed by atoms with van der Waals surface area (Å²) in [6.07, 6.45) is 0.973. The van der Waals surface area contributed by atoms with Gasteiger partial charge in [0, 0.05) is 0 Å². The van der Waals surface area contributed by atoms with Crippen molar-refractivity contribution in [2.45, 2.75) is 0 Å². The normalized spacial score (nSPS) is 9.71. The average Bonchev–Trinajstić information content (AvgIpc) is 2.53. The van der Waals surface area contributed by atoms with Crippen molar-refractivity contribution in [1.82, 2.24) is 0 Å². The third-order valence-electron chi connectivity index (χ3n) is 2.29. The highest BCUT2D eigenvalue weighted by Gasteiger charge is 2.42. The van der Waals surface area contributed by atoms with Gasteiger partial charge in [0.05, 0.1) is 31.8 Å². The summed E-state index contributed by atoms with van der Waals surface area (Å²) < 4.78 is 3.68. The molecule has 0 spiro atoms. The van der Waals surface area contributed by atoms with Gasteiger partial charge in [0.25, 0.3) is 6.26 Å². The third kappa shape index (κ3) is 5.42. The monoisotopic (exact) mass is 296 g/mol. The van der Waals surface area contributed by atoms with E-state index in [4.69, 9.17) is 41.5 Å². The van der Waals surface area contributed by atoms with Crippen LogP contribution in [0.25, 0.3) is 0 Å². The van der Waals surface area contributed by atoms with Gasteiger partial charge in [-0.25, -0.2) is 4.79 Å². The summed E-state index contributed by atoms with van der Waals surface area (Å²) in [5.41, 5.74) is -3.64. The molecule has 0 saturated carbocycles. The molecule has 0 aliphatic heterocycles. The van der Waals surface area contributed by atoms with Crippen molar-refractivity contribution in [3.8, 4) is 24.5 Å². The van der Waals surface area contributed by atoms with E-state index < -0.39 is 43.2 Å². The van der Waals surface area contributed by atoms with Gasteiger partial charge in [-0.15, -0.1) is 5.26 Å². The topological polar surface area (TPSA) is 202 Å². The second-order valence-electron chi connectivity index (χ2n) is 3.70. The zero-order valence-corrected chi connectivity index (χ0v) is 10.7. The first-order chi connectivity index (χ1) is 9.91. The van der Waals surface area contributed by atoms with Crippen LogP contribution < -0.4 is 0 Å². The number of carbonyl (C=O) groups is 1. The van der Waals surface area contributed by atoms with Crippen LogP contribution in [0.5, 0.6) is 0 Å². The van der Waals surface area contributed by atoms with Crippen LogP contribution in [0.2, 0.25) is 0 Å². The Morgan fingerprint density at radius 1 is 0.857 bits per heavy atom. The Labute approximate surface area is 119 Å². The summed E-state index contributed by atoms with van der Waals surface area (Å²) in [5, 5.41) is 66.7. The van der Waals surface area contributed by atoms with Crippen LogP contribution in [0.4, 0.5) is 0 Å². The van der Waals surface area contributed by atoms with Gasteiger partial charge in [0.15, 0.2) is 0 Å². The number of rotatable bonds is 5. The molecule has 0 atom stereocenters. The number of hydrogen-bond donors (Lipinski definition) is 4. The highest BCUT2D eigenvalue weighted by atomic mass is 16.5. The fourth-order valence-corrected chi connectivity index (χ4v) is 0.630. The van der Waals surface area contributed by atoms with Crippen LogP contribution in [0.1, 0.15) is 0 Å². The molecule has 0 fully saturated rings. The lowest BCUT2D eigenvalue weighted by Gasteiger charge is -2.23. The van der Waals surface area contributed by atoms with E-state index in [9.17, 15) is 4.79 Å². The second kappa shape index (κ2) is 10.1. The van der Waals surface area contributed by atoms with Gasteiger partial charge in [-0.05, 0) is 0 Å². The van der Waals surface area contributed by atoms with Gasteiger partial charge in [-0.3, -0.25) is 0 Å². The summed E-state index contributed by atoms with van der Waals surface area (Å²) >= 11 is 0. The van der Waals surface area contributed by atoms with Crippen LogP contribution in [0.3, 0.4) is 0 Å². The lowest BCUT2D eigenvalue weighted by atomic mass is 9.93. The smallest absolute Gasteiger partial charge is 0.371 e. The molecule has 0 amide bonds. The number of hydrogen-bond acceptors (Lipinski definition) is 10. The summed E-state index contributed by atoms with van der Waals surface area (Å²) in [5.74, 6) is -1.47. The van der Waals surface area contributed by atoms with Gasteiger partial charge in [0.1, 0.15) is 18.2 Å². The maximum absolute atomic E-state index is 10.6. The molecular weight excluding hydrogens is 284 g/mol. The maximum atomic E-state index is 10.6. The number of carbonyl (C=O) groups excluding carboxylic acids is 1. The summed E-state index contributed by atoms with van der Waals surface area (Å²) in [4.78, 5) is 10.6. The molecule has 0 aliphatic carbocycles. The van der Waals surface area contributed by atoms with E-state index >= 15 is 0 Å². The molecule has 0 unspecified atom stereocenters. The molecule has 0 radical (unpaired) electrons. The number of ether oxygens (including phenoxy) is 1. The van der Waals surface area contributed by atoms with E-state index in [2.05, 4.69) is 4.74 Å². The van der Waals surface area contributed by atoms with Gasteiger partial charge in [-0.1, -0.05) is 0 Å². The van der Waals surface area contributed by atoms with Gasteiger partial charge >= 0.3 is 11.4 Å². The standard InChI is InChI=1S/C6N4O2.C5H12O4/c7-1-6(2-8,3-9)5(11)12-4-10;6-1-5(2-7,3-8)4-9/h;6-9H,1-4H2. The van der Waals surface area contributed by atoms with Gasteiger partial charge < -0.3 is 25.2 Å². The number of aliphatic hydroxyl groups is 4. The van der Waals surface area contributed by atoms with Crippen LogP contribution in [-0.4, -0.2) is 52.8 Å². The Morgan fingerprint density at radius 2 is 1.19 bits per heavy atom. The minimum atomic E-state index is -2.53. The van der Waals surface area contributed by atoms with Crippen LogP contribution in [0.15, 0.2) is 0 Å².